The number of nitrogens with zero attached hydrogens (tertiary/aromatic N) is 4. The van der Waals surface area contributed by atoms with Crippen LogP contribution in [0.3, 0.4) is 0 Å². The van der Waals surface area contributed by atoms with Gasteiger partial charge in [-0.3, -0.25) is 4.79 Å². The summed E-state index contributed by atoms with van der Waals surface area (Å²) in [4.78, 5) is 12.6. The molecule has 1 atom stereocenters. The van der Waals surface area contributed by atoms with Gasteiger partial charge in [-0.15, -0.1) is 5.10 Å². The van der Waals surface area contributed by atoms with E-state index in [4.69, 9.17) is 4.74 Å². The summed E-state index contributed by atoms with van der Waals surface area (Å²) in [5.74, 6) is 0.814. The lowest BCUT2D eigenvalue weighted by Crippen LogP contribution is -2.18. The molecule has 24 heavy (non-hydrogen) atoms. The molecule has 0 spiro atoms. The molecule has 0 aliphatic heterocycles. The van der Waals surface area contributed by atoms with E-state index >= 15 is 0 Å². The van der Waals surface area contributed by atoms with E-state index < -0.39 is 0 Å². The summed E-state index contributed by atoms with van der Waals surface area (Å²) < 4.78 is 7.04. The van der Waals surface area contributed by atoms with E-state index in [0.717, 1.165) is 23.7 Å². The number of ether oxygens (including phenoxy) is 1. The Labute approximate surface area is 146 Å². The molecule has 0 bridgehead atoms. The molecule has 6 nitrogen and oxygen atoms in total. The topological polar surface area (TPSA) is 69.9 Å². The molecule has 0 saturated heterocycles. The largest absolute Gasteiger partial charge is 0.497 e. The van der Waals surface area contributed by atoms with Crippen molar-refractivity contribution in [3.05, 3.63) is 29.8 Å². The van der Waals surface area contributed by atoms with E-state index in [1.165, 1.54) is 31.0 Å². The average Bonchev–Trinajstić information content (AvgIpc) is 3.10. The van der Waals surface area contributed by atoms with Gasteiger partial charge in [-0.25, -0.2) is 4.68 Å². The fourth-order valence-corrected chi connectivity index (χ4v) is 3.96. The highest BCUT2D eigenvalue weighted by Gasteiger charge is 2.24. The van der Waals surface area contributed by atoms with Crippen LogP contribution in [0.25, 0.3) is 0 Å². The Hall–Kier alpha value is -1.89. The van der Waals surface area contributed by atoms with Crippen LogP contribution in [0.15, 0.2) is 29.4 Å². The zero-order valence-corrected chi connectivity index (χ0v) is 14.8. The lowest BCUT2D eigenvalue weighted by Gasteiger charge is -2.22. The summed E-state index contributed by atoms with van der Waals surface area (Å²) in [6.45, 7) is 1.90. The van der Waals surface area contributed by atoms with Crippen molar-refractivity contribution in [3.8, 4) is 5.75 Å². The number of thioether (sulfide) groups is 1. The highest BCUT2D eigenvalue weighted by molar-refractivity contribution is 8.00. The smallest absolute Gasteiger partial charge is 0.210 e. The Morgan fingerprint density at radius 3 is 2.62 bits per heavy atom. The molecule has 128 valence electrons. The lowest BCUT2D eigenvalue weighted by atomic mass is 9.96. The van der Waals surface area contributed by atoms with Gasteiger partial charge in [-0.1, -0.05) is 31.0 Å². The van der Waals surface area contributed by atoms with Gasteiger partial charge >= 0.3 is 0 Å². The normalized spacial score (nSPS) is 16.8. The molecule has 7 heteroatoms. The van der Waals surface area contributed by atoms with Crippen LogP contribution in [0, 0.1) is 0 Å². The molecule has 1 aromatic carbocycles. The quantitative estimate of drug-likeness (QED) is 0.588. The van der Waals surface area contributed by atoms with Crippen molar-refractivity contribution in [2.24, 2.45) is 0 Å². The molecule has 0 N–H and O–H groups in total. The molecular formula is C17H22N4O2S. The number of ketones is 1. The number of carbonyl (C=O) groups excluding carboxylic acids is 1. The van der Waals surface area contributed by atoms with Gasteiger partial charge < -0.3 is 4.74 Å². The second kappa shape index (κ2) is 7.79. The maximum Gasteiger partial charge on any atom is 0.210 e. The van der Waals surface area contributed by atoms with Crippen molar-refractivity contribution < 1.29 is 9.53 Å². The minimum absolute atomic E-state index is 0.0702. The minimum Gasteiger partial charge on any atom is -0.497 e. The van der Waals surface area contributed by atoms with Crippen LogP contribution in [0.2, 0.25) is 0 Å². The summed E-state index contributed by atoms with van der Waals surface area (Å²) in [5, 5.41) is 12.6. The monoisotopic (exact) mass is 346 g/mol. The summed E-state index contributed by atoms with van der Waals surface area (Å²) in [7, 11) is 1.61. The number of hydrogen-bond donors (Lipinski definition) is 0. The summed E-state index contributed by atoms with van der Waals surface area (Å²) >= 11 is 1.43. The number of methoxy groups -OCH3 is 1. The number of rotatable bonds is 6. The van der Waals surface area contributed by atoms with E-state index in [1.807, 2.05) is 11.6 Å². The predicted octanol–water partition coefficient (Wildman–Crippen LogP) is 3.55. The molecule has 1 unspecified atom stereocenters. The molecule has 1 saturated carbocycles. The summed E-state index contributed by atoms with van der Waals surface area (Å²) in [5.41, 5.74) is 0.674. The van der Waals surface area contributed by atoms with Gasteiger partial charge in [0.05, 0.1) is 18.4 Å². The molecule has 0 amide bonds. The third-order valence-corrected chi connectivity index (χ3v) is 5.46. The van der Waals surface area contributed by atoms with Crippen molar-refractivity contribution in [3.63, 3.8) is 0 Å². The molecule has 0 radical (unpaired) electrons. The Morgan fingerprint density at radius 2 is 1.96 bits per heavy atom. The van der Waals surface area contributed by atoms with Gasteiger partial charge in [0, 0.05) is 5.56 Å². The van der Waals surface area contributed by atoms with E-state index in [9.17, 15) is 4.79 Å². The molecule has 1 heterocycles. The van der Waals surface area contributed by atoms with Crippen LogP contribution in [-0.2, 0) is 0 Å². The average molecular weight is 346 g/mol. The van der Waals surface area contributed by atoms with Crippen molar-refractivity contribution in [1.82, 2.24) is 20.2 Å². The number of aromatic nitrogens is 4. The highest BCUT2D eigenvalue weighted by atomic mass is 32.2. The highest BCUT2D eigenvalue weighted by Crippen LogP contribution is 2.32. The first-order chi connectivity index (χ1) is 11.7. The van der Waals surface area contributed by atoms with Crippen LogP contribution >= 0.6 is 11.8 Å². The van der Waals surface area contributed by atoms with Gasteiger partial charge in [0.2, 0.25) is 5.16 Å². The van der Waals surface area contributed by atoms with Crippen molar-refractivity contribution in [2.45, 2.75) is 55.5 Å². The number of benzene rings is 1. The molecule has 2 aromatic rings. The Kier molecular flexibility index (Phi) is 5.50. The molecule has 1 fully saturated rings. The Morgan fingerprint density at radius 1 is 1.25 bits per heavy atom. The Balaban J connectivity index is 1.69. The van der Waals surface area contributed by atoms with Crippen LogP contribution in [0.1, 0.15) is 55.4 Å². The van der Waals surface area contributed by atoms with Crippen LogP contribution in [0.4, 0.5) is 0 Å². The molecule has 1 aromatic heterocycles. The third kappa shape index (κ3) is 3.77. The van der Waals surface area contributed by atoms with E-state index in [0.29, 0.717) is 11.6 Å². The number of hydrogen-bond acceptors (Lipinski definition) is 6. The molecule has 3 rings (SSSR count). The first-order valence-corrected chi connectivity index (χ1v) is 9.20. The SMILES string of the molecule is COc1ccc(C(=O)C(C)Sc2nnnn2C2CCCCC2)cc1. The number of Topliss-reactive ketones (excluding diaryl/α,β-unsaturated/α-hetero) is 1. The van der Waals surface area contributed by atoms with Gasteiger partial charge in [0.1, 0.15) is 5.75 Å². The third-order valence-electron chi connectivity index (χ3n) is 4.41. The van der Waals surface area contributed by atoms with E-state index in [1.54, 1.807) is 31.4 Å². The zero-order valence-electron chi connectivity index (χ0n) is 14.0. The summed E-state index contributed by atoms with van der Waals surface area (Å²) in [6.07, 6.45) is 5.94. The van der Waals surface area contributed by atoms with E-state index in [2.05, 4.69) is 15.5 Å². The van der Waals surface area contributed by atoms with Crippen LogP contribution < -0.4 is 4.74 Å². The number of carbonyl (C=O) groups is 1. The van der Waals surface area contributed by atoms with Gasteiger partial charge in [-0.05, 0) is 54.5 Å². The second-order valence-corrected chi connectivity index (χ2v) is 7.36. The van der Waals surface area contributed by atoms with Gasteiger partial charge in [0.25, 0.3) is 0 Å². The second-order valence-electron chi connectivity index (χ2n) is 6.05. The fourth-order valence-electron chi connectivity index (χ4n) is 3.02. The van der Waals surface area contributed by atoms with E-state index in [-0.39, 0.29) is 11.0 Å². The van der Waals surface area contributed by atoms with Crippen LogP contribution in [0.5, 0.6) is 5.75 Å². The van der Waals surface area contributed by atoms with Crippen LogP contribution in [-0.4, -0.2) is 38.4 Å². The first kappa shape index (κ1) is 17.0. The first-order valence-electron chi connectivity index (χ1n) is 8.32. The molecular weight excluding hydrogens is 324 g/mol. The molecule has 1 aliphatic rings. The predicted molar refractivity (Wildman–Crippen MR) is 92.6 cm³/mol. The fraction of sp³-hybridized carbons (Fsp3) is 0.529. The number of tetrazole rings is 1. The maximum absolute atomic E-state index is 12.6. The molecule has 1 aliphatic carbocycles. The van der Waals surface area contributed by atoms with Crippen molar-refractivity contribution in [2.75, 3.05) is 7.11 Å². The standard InChI is InChI=1S/C17H22N4O2S/c1-12(16(22)13-8-10-15(23-2)11-9-13)24-17-18-19-20-21(17)14-6-4-3-5-7-14/h8-12,14H,3-7H2,1-2H3. The minimum atomic E-state index is -0.244. The lowest BCUT2D eigenvalue weighted by molar-refractivity contribution is 0.0993. The van der Waals surface area contributed by atoms with Gasteiger partial charge in [-0.2, -0.15) is 0 Å². The van der Waals surface area contributed by atoms with Crippen molar-refractivity contribution in [1.29, 1.82) is 0 Å². The van der Waals surface area contributed by atoms with Gasteiger partial charge in [0.15, 0.2) is 5.78 Å². The Bertz CT molecular complexity index is 680. The summed E-state index contributed by atoms with van der Waals surface area (Å²) in [6, 6.07) is 7.55. The zero-order chi connectivity index (χ0) is 16.9. The maximum atomic E-state index is 12.6. The van der Waals surface area contributed by atoms with Crippen molar-refractivity contribution >= 4 is 17.5 Å².